The first-order valence-corrected chi connectivity index (χ1v) is 5.26. The predicted octanol–water partition coefficient (Wildman–Crippen LogP) is 2.25. The summed E-state index contributed by atoms with van der Waals surface area (Å²) in [6.07, 6.45) is 1.12. The summed E-state index contributed by atoms with van der Waals surface area (Å²) in [5.74, 6) is -2.20. The smallest absolute Gasteiger partial charge is 0.305 e. The van der Waals surface area contributed by atoms with Crippen LogP contribution in [0.2, 0.25) is 0 Å². The van der Waals surface area contributed by atoms with E-state index in [1.807, 2.05) is 0 Å². The van der Waals surface area contributed by atoms with Crippen LogP contribution in [0.3, 0.4) is 0 Å². The molecular formula is C11H9F2N3O3. The number of oxazole rings is 1. The lowest BCUT2D eigenvalue weighted by molar-refractivity contribution is -0.387. The van der Waals surface area contributed by atoms with Crippen LogP contribution in [0, 0.1) is 21.7 Å². The molecule has 1 N–H and O–H groups in total. The predicted molar refractivity (Wildman–Crippen MR) is 61.3 cm³/mol. The van der Waals surface area contributed by atoms with Gasteiger partial charge in [0.1, 0.15) is 5.82 Å². The van der Waals surface area contributed by atoms with E-state index >= 15 is 0 Å². The molecule has 0 aliphatic carbocycles. The molecule has 6 nitrogen and oxygen atoms in total. The van der Waals surface area contributed by atoms with Crippen molar-refractivity contribution < 1.29 is 18.1 Å². The van der Waals surface area contributed by atoms with Gasteiger partial charge in [-0.05, 0) is 13.1 Å². The molecule has 1 aromatic heterocycles. The average Bonchev–Trinajstić information content (AvgIpc) is 2.77. The number of hydrogen-bond donors (Lipinski definition) is 1. The number of nitrogens with one attached hydrogen (secondary N) is 1. The van der Waals surface area contributed by atoms with Crippen LogP contribution in [-0.4, -0.2) is 17.0 Å². The van der Waals surface area contributed by atoms with E-state index in [0.29, 0.717) is 0 Å². The number of aromatic nitrogens is 1. The van der Waals surface area contributed by atoms with E-state index in [4.69, 9.17) is 4.42 Å². The topological polar surface area (TPSA) is 81.2 Å². The number of nitrogens with zero attached hydrogens (tertiary/aromatic N) is 2. The zero-order valence-corrected chi connectivity index (χ0v) is 9.81. The first-order chi connectivity index (χ1) is 9.04. The molecule has 0 bridgehead atoms. The van der Waals surface area contributed by atoms with Gasteiger partial charge in [-0.1, -0.05) is 0 Å². The highest BCUT2D eigenvalue weighted by Crippen LogP contribution is 2.31. The van der Waals surface area contributed by atoms with Gasteiger partial charge < -0.3 is 9.73 Å². The van der Waals surface area contributed by atoms with E-state index in [1.165, 1.54) is 0 Å². The Morgan fingerprint density at radius 1 is 1.47 bits per heavy atom. The molecule has 1 aromatic carbocycles. The number of rotatable bonds is 4. The second kappa shape index (κ2) is 5.11. The molecule has 1 heterocycles. The molecule has 0 spiro atoms. The highest BCUT2D eigenvalue weighted by Gasteiger charge is 2.24. The molecule has 2 rings (SSSR count). The zero-order chi connectivity index (χ0) is 14.0. The van der Waals surface area contributed by atoms with Crippen molar-refractivity contribution in [2.45, 2.75) is 6.54 Å². The Bertz CT molecular complexity index is 628. The number of nitro groups is 1. The molecule has 100 valence electrons. The molecule has 0 atom stereocenters. The summed E-state index contributed by atoms with van der Waals surface area (Å²) in [6.45, 7) is 0.276. The monoisotopic (exact) mass is 269 g/mol. The Labute approximate surface area is 106 Å². The summed E-state index contributed by atoms with van der Waals surface area (Å²) in [5, 5.41) is 13.4. The first kappa shape index (κ1) is 13.1. The molecule has 0 aliphatic heterocycles. The lowest BCUT2D eigenvalue weighted by atomic mass is 10.1. The molecule has 0 radical (unpaired) electrons. The molecule has 0 saturated carbocycles. The van der Waals surface area contributed by atoms with E-state index in [1.54, 1.807) is 7.05 Å². The van der Waals surface area contributed by atoms with Crippen molar-refractivity contribution in [2.24, 2.45) is 0 Å². The van der Waals surface area contributed by atoms with Crippen molar-refractivity contribution in [3.63, 3.8) is 0 Å². The fourth-order valence-electron chi connectivity index (χ4n) is 1.57. The first-order valence-electron chi connectivity index (χ1n) is 5.26. The van der Waals surface area contributed by atoms with E-state index in [-0.39, 0.29) is 18.2 Å². The Hall–Kier alpha value is -2.35. The third-order valence-corrected chi connectivity index (χ3v) is 2.40. The second-order valence-corrected chi connectivity index (χ2v) is 3.66. The van der Waals surface area contributed by atoms with Gasteiger partial charge in [-0.15, -0.1) is 0 Å². The van der Waals surface area contributed by atoms with Crippen molar-refractivity contribution in [2.75, 3.05) is 7.05 Å². The summed E-state index contributed by atoms with van der Waals surface area (Å²) in [7, 11) is 1.65. The van der Waals surface area contributed by atoms with Crippen molar-refractivity contribution in [3.05, 3.63) is 46.0 Å². The highest BCUT2D eigenvalue weighted by atomic mass is 19.1. The highest BCUT2D eigenvalue weighted by molar-refractivity contribution is 5.62. The molecule has 0 fully saturated rings. The quantitative estimate of drug-likeness (QED) is 0.680. The molecule has 0 saturated heterocycles. The number of halogens is 2. The molecule has 19 heavy (non-hydrogen) atoms. The minimum absolute atomic E-state index is 0.191. The van der Waals surface area contributed by atoms with Gasteiger partial charge in [-0.2, -0.15) is 4.39 Å². The van der Waals surface area contributed by atoms with Crippen LogP contribution in [0.4, 0.5) is 14.5 Å². The SMILES string of the molecule is CNCc1ncc(-c2c(F)ccc([N+](=O)[O-])c2F)o1. The van der Waals surface area contributed by atoms with Crippen molar-refractivity contribution >= 4 is 5.69 Å². The van der Waals surface area contributed by atoms with Crippen LogP contribution in [0.5, 0.6) is 0 Å². The Balaban J connectivity index is 2.53. The minimum Gasteiger partial charge on any atom is -0.439 e. The van der Waals surface area contributed by atoms with Crippen molar-refractivity contribution in [3.8, 4) is 11.3 Å². The van der Waals surface area contributed by atoms with Gasteiger partial charge >= 0.3 is 5.69 Å². The van der Waals surface area contributed by atoms with E-state index in [2.05, 4.69) is 10.3 Å². The number of nitro benzene ring substituents is 1. The Morgan fingerprint density at radius 2 is 2.21 bits per heavy atom. The maximum absolute atomic E-state index is 13.9. The molecule has 2 aromatic rings. The van der Waals surface area contributed by atoms with Crippen LogP contribution in [-0.2, 0) is 6.54 Å². The number of hydrogen-bond acceptors (Lipinski definition) is 5. The largest absolute Gasteiger partial charge is 0.439 e. The van der Waals surface area contributed by atoms with Gasteiger partial charge in [-0.3, -0.25) is 10.1 Å². The summed E-state index contributed by atoms with van der Waals surface area (Å²) >= 11 is 0. The minimum atomic E-state index is -1.28. The third-order valence-electron chi connectivity index (χ3n) is 2.40. The van der Waals surface area contributed by atoms with E-state index in [0.717, 1.165) is 18.3 Å². The second-order valence-electron chi connectivity index (χ2n) is 3.66. The fraction of sp³-hybridized carbons (Fsp3) is 0.182. The summed E-state index contributed by atoms with van der Waals surface area (Å²) in [4.78, 5) is 13.5. The maximum atomic E-state index is 13.9. The standard InChI is InChI=1S/C11H9F2N3O3/c1-14-5-9-15-4-8(19-9)10-6(12)2-3-7(11(10)13)16(17)18/h2-4,14H,5H2,1H3. The summed E-state index contributed by atoms with van der Waals surface area (Å²) in [6, 6.07) is 1.58. The zero-order valence-electron chi connectivity index (χ0n) is 9.81. The van der Waals surface area contributed by atoms with Crippen LogP contribution < -0.4 is 5.32 Å². The Kier molecular flexibility index (Phi) is 3.52. The van der Waals surface area contributed by atoms with Crippen molar-refractivity contribution in [1.82, 2.24) is 10.3 Å². The van der Waals surface area contributed by atoms with Gasteiger partial charge in [0, 0.05) is 6.07 Å². The molecule has 0 unspecified atom stereocenters. The maximum Gasteiger partial charge on any atom is 0.305 e. The lowest BCUT2D eigenvalue weighted by Crippen LogP contribution is -2.04. The van der Waals surface area contributed by atoms with Crippen molar-refractivity contribution in [1.29, 1.82) is 0 Å². The summed E-state index contributed by atoms with van der Waals surface area (Å²) in [5.41, 5.74) is -1.41. The lowest BCUT2D eigenvalue weighted by Gasteiger charge is -2.01. The van der Waals surface area contributed by atoms with E-state index < -0.39 is 27.8 Å². The normalized spacial score (nSPS) is 10.7. The summed E-state index contributed by atoms with van der Waals surface area (Å²) < 4.78 is 32.6. The molecular weight excluding hydrogens is 260 g/mol. The third kappa shape index (κ3) is 2.43. The van der Waals surface area contributed by atoms with Gasteiger partial charge in [0.15, 0.2) is 5.76 Å². The van der Waals surface area contributed by atoms with Gasteiger partial charge in [-0.25, -0.2) is 9.37 Å². The molecule has 0 aliphatic rings. The van der Waals surface area contributed by atoms with E-state index in [9.17, 15) is 18.9 Å². The average molecular weight is 269 g/mol. The van der Waals surface area contributed by atoms with Crippen LogP contribution in [0.1, 0.15) is 5.89 Å². The van der Waals surface area contributed by atoms with Gasteiger partial charge in [0.25, 0.3) is 0 Å². The number of benzene rings is 1. The molecule has 0 amide bonds. The Morgan fingerprint density at radius 3 is 2.84 bits per heavy atom. The fourth-order valence-corrected chi connectivity index (χ4v) is 1.57. The van der Waals surface area contributed by atoms with Gasteiger partial charge in [0.2, 0.25) is 11.7 Å². The van der Waals surface area contributed by atoms with Crippen LogP contribution >= 0.6 is 0 Å². The van der Waals surface area contributed by atoms with Gasteiger partial charge in [0.05, 0.1) is 23.2 Å². The van der Waals surface area contributed by atoms with Crippen LogP contribution in [0.15, 0.2) is 22.7 Å². The van der Waals surface area contributed by atoms with Crippen LogP contribution in [0.25, 0.3) is 11.3 Å². The molecule has 8 heteroatoms.